The summed E-state index contributed by atoms with van der Waals surface area (Å²) in [5, 5.41) is 8.64. The summed E-state index contributed by atoms with van der Waals surface area (Å²) in [7, 11) is 0.704. The quantitative estimate of drug-likeness (QED) is 0.174. The molecule has 0 amide bonds. The number of fused-ring (bicyclic) bond motifs is 11. The smallest absolute Gasteiger partial charge is 0.198 e. The Hall–Kier alpha value is -6.98. The fraction of sp³-hybridized carbons (Fsp3) is 0.342. The first-order chi connectivity index (χ1) is 37.0. The monoisotopic (exact) mass is 1020 g/mol. The fourth-order valence-electron chi connectivity index (χ4n) is 14.9. The summed E-state index contributed by atoms with van der Waals surface area (Å²) < 4.78 is 14.9. The maximum absolute atomic E-state index is 7.58. The normalized spacial score (nSPS) is 19.0. The topological polar surface area (TPSA) is 41.6 Å². The molecule has 4 aliphatic rings. The Labute approximate surface area is 462 Å². The van der Waals surface area contributed by atoms with Crippen LogP contribution in [0.3, 0.4) is 0 Å². The van der Waals surface area contributed by atoms with Crippen molar-refractivity contribution >= 4 is 90.5 Å². The van der Waals surface area contributed by atoms with E-state index < -0.39 is 0 Å². The van der Waals surface area contributed by atoms with Gasteiger partial charge in [0.1, 0.15) is 22.3 Å². The molecule has 0 radical (unpaired) electrons. The van der Waals surface area contributed by atoms with Gasteiger partial charge in [0.05, 0.1) is 11.3 Å². The minimum Gasteiger partial charge on any atom is -0.455 e. The van der Waals surface area contributed by atoms with E-state index >= 15 is 0 Å². The van der Waals surface area contributed by atoms with Gasteiger partial charge in [-0.05, 0) is 194 Å². The lowest BCUT2D eigenvalue weighted by atomic mass is 9.57. The minimum absolute atomic E-state index is 0.0132. The lowest BCUT2D eigenvalue weighted by molar-refractivity contribution is 0.332. The predicted octanol–water partition coefficient (Wildman–Crippen LogP) is 19.1. The van der Waals surface area contributed by atoms with Crippen LogP contribution in [-0.4, -0.2) is 7.28 Å². The van der Waals surface area contributed by atoms with Crippen LogP contribution in [0.1, 0.15) is 161 Å². The number of para-hydroxylation sites is 1. The molecular weight excluding hydrogens is 948 g/mol. The van der Waals surface area contributed by atoms with Gasteiger partial charge in [-0.2, -0.15) is 0 Å². The molecule has 0 bridgehead atoms. The van der Waals surface area contributed by atoms with E-state index in [0.717, 1.165) is 86.7 Å². The number of anilines is 5. The van der Waals surface area contributed by atoms with E-state index in [1.165, 1.54) is 96.3 Å². The Morgan fingerprint density at radius 1 is 0.410 bits per heavy atom. The number of nitrogens with one attached hydrogen (secondary N) is 1. The van der Waals surface area contributed by atoms with E-state index in [1.807, 2.05) is 0 Å². The van der Waals surface area contributed by atoms with Gasteiger partial charge in [-0.15, -0.1) is 0 Å². The second-order valence-electron chi connectivity index (χ2n) is 28.2. The van der Waals surface area contributed by atoms with E-state index in [4.69, 9.17) is 8.83 Å². The van der Waals surface area contributed by atoms with Gasteiger partial charge >= 0.3 is 0 Å². The summed E-state index contributed by atoms with van der Waals surface area (Å²) in [5.41, 5.74) is 26.5. The number of hydrogen-bond donors (Lipinski definition) is 1. The molecule has 0 spiro atoms. The maximum atomic E-state index is 7.58. The Balaban J connectivity index is 1.10. The first-order valence-electron chi connectivity index (χ1n) is 29.1. The summed E-state index contributed by atoms with van der Waals surface area (Å²) in [6.45, 7) is 31.5. The number of hydrogen-bond acceptors (Lipinski definition) is 4. The van der Waals surface area contributed by atoms with Crippen LogP contribution in [-0.2, 0) is 32.5 Å². The molecule has 4 nitrogen and oxygen atoms in total. The van der Waals surface area contributed by atoms with Crippen molar-refractivity contribution in [3.05, 3.63) is 172 Å². The molecule has 14 rings (SSSR count). The first-order valence-corrected chi connectivity index (χ1v) is 29.1. The van der Waals surface area contributed by atoms with Crippen molar-refractivity contribution in [1.29, 1.82) is 0 Å². The third-order valence-electron chi connectivity index (χ3n) is 20.2. The van der Waals surface area contributed by atoms with Crippen molar-refractivity contribution in [2.75, 3.05) is 10.2 Å². The van der Waals surface area contributed by atoms with Gasteiger partial charge in [-0.1, -0.05) is 161 Å². The molecule has 1 N–H and O–H groups in total. The van der Waals surface area contributed by atoms with Crippen molar-refractivity contribution in [1.82, 2.24) is 0 Å². The maximum Gasteiger partial charge on any atom is 0.198 e. The molecule has 1 aliphatic heterocycles. The second-order valence-corrected chi connectivity index (χ2v) is 28.2. The molecule has 2 aromatic heterocycles. The standard InChI is InChI=1S/C73H75BN2O2/c1-42-35-51-54(72(10,11)33-31-69(51,4)5)40-58(42)76-59-36-44(43-19-15-14-16-20-43)23-27-56(59)74-65-60(76)39-49-46-21-17-18-22-61(46)77-67(49)64(65)63-57(75-45-24-26-50-52(37-45)70(6,7)30-29-68(50,2)3)28-25-47-48-38-53-55(41-62(48)78-66(47)63)73(12,13)34-32-71(53,8)9/h14-28,35-41,74-75H,29-34H2,1-13H3. The Morgan fingerprint density at radius 2 is 0.987 bits per heavy atom. The molecule has 3 aliphatic carbocycles. The van der Waals surface area contributed by atoms with E-state index in [9.17, 15) is 0 Å². The highest BCUT2D eigenvalue weighted by Crippen LogP contribution is 2.55. The molecule has 0 fully saturated rings. The minimum atomic E-state index is 0.0132. The number of nitrogens with zero attached hydrogens (tertiary/aromatic N) is 1. The number of furan rings is 2. The molecule has 8 aromatic carbocycles. The van der Waals surface area contributed by atoms with Gasteiger partial charge in [0.25, 0.3) is 0 Å². The van der Waals surface area contributed by atoms with E-state index in [-0.39, 0.29) is 32.5 Å². The van der Waals surface area contributed by atoms with Crippen molar-refractivity contribution in [3.8, 4) is 22.3 Å². The highest BCUT2D eigenvalue weighted by atomic mass is 16.3. The van der Waals surface area contributed by atoms with Gasteiger partial charge in [0, 0.05) is 49.9 Å². The molecule has 78 heavy (non-hydrogen) atoms. The summed E-state index contributed by atoms with van der Waals surface area (Å²) in [5.74, 6) is 0. The SMILES string of the molecule is Cc1cc2c(cc1N1c3cc(-c4ccccc4)ccc3Bc3c1cc1c(oc4ccccc41)c3-c1c(Nc3ccc4c(c3)C(C)(C)CCC4(C)C)ccc3c1oc1cc4c(cc13)C(C)(C)CCC4(C)C)C(C)(C)CCC2(C)C. The largest absolute Gasteiger partial charge is 0.455 e. The Kier molecular flexibility index (Phi) is 10.5. The van der Waals surface area contributed by atoms with Crippen LogP contribution in [0, 0.1) is 6.92 Å². The van der Waals surface area contributed by atoms with Crippen LogP contribution >= 0.6 is 0 Å². The summed E-state index contributed by atoms with van der Waals surface area (Å²) >= 11 is 0. The number of rotatable bonds is 5. The van der Waals surface area contributed by atoms with E-state index in [0.29, 0.717) is 7.28 Å². The van der Waals surface area contributed by atoms with Crippen LogP contribution in [0.5, 0.6) is 0 Å². The Bertz CT molecular complexity index is 4180. The second kappa shape index (κ2) is 16.5. The average Bonchev–Trinajstić information content (AvgIpc) is 4.16. The van der Waals surface area contributed by atoms with Crippen molar-refractivity contribution in [3.63, 3.8) is 0 Å². The average molecular weight is 1020 g/mol. The van der Waals surface area contributed by atoms with Crippen molar-refractivity contribution < 1.29 is 8.83 Å². The van der Waals surface area contributed by atoms with Crippen molar-refractivity contribution in [2.24, 2.45) is 0 Å². The zero-order valence-electron chi connectivity index (χ0n) is 48.4. The fourth-order valence-corrected chi connectivity index (χ4v) is 14.9. The van der Waals surface area contributed by atoms with Gasteiger partial charge in [0.2, 0.25) is 0 Å². The molecule has 5 heteroatoms. The first kappa shape index (κ1) is 49.3. The van der Waals surface area contributed by atoms with Gasteiger partial charge < -0.3 is 19.1 Å². The summed E-state index contributed by atoms with van der Waals surface area (Å²) in [6, 6.07) is 51.0. The predicted molar refractivity (Wildman–Crippen MR) is 333 cm³/mol. The third kappa shape index (κ3) is 7.38. The molecule has 392 valence electrons. The van der Waals surface area contributed by atoms with Crippen LogP contribution in [0.15, 0.2) is 142 Å². The van der Waals surface area contributed by atoms with Crippen molar-refractivity contribution in [2.45, 2.75) is 161 Å². The lowest BCUT2D eigenvalue weighted by Gasteiger charge is -2.44. The zero-order valence-corrected chi connectivity index (χ0v) is 48.4. The number of benzene rings is 8. The van der Waals surface area contributed by atoms with Gasteiger partial charge in [-0.25, -0.2) is 0 Å². The van der Waals surface area contributed by atoms with Crippen LogP contribution < -0.4 is 21.1 Å². The zero-order chi connectivity index (χ0) is 54.2. The third-order valence-corrected chi connectivity index (χ3v) is 20.2. The molecule has 0 atom stereocenters. The van der Waals surface area contributed by atoms with E-state index in [1.54, 1.807) is 0 Å². The van der Waals surface area contributed by atoms with Crippen LogP contribution in [0.4, 0.5) is 28.4 Å². The van der Waals surface area contributed by atoms with Crippen LogP contribution in [0.25, 0.3) is 66.1 Å². The summed E-state index contributed by atoms with van der Waals surface area (Å²) in [6.07, 6.45) is 6.91. The molecule has 0 saturated carbocycles. The molecule has 3 heterocycles. The molecule has 0 unspecified atom stereocenters. The highest BCUT2D eigenvalue weighted by Gasteiger charge is 2.42. The molecular formula is C73H75BN2O2. The van der Waals surface area contributed by atoms with Crippen LogP contribution in [0.2, 0.25) is 0 Å². The lowest BCUT2D eigenvalue weighted by Crippen LogP contribution is -2.41. The number of aryl methyl sites for hydroxylation is 1. The van der Waals surface area contributed by atoms with Gasteiger partial charge in [0.15, 0.2) is 7.28 Å². The summed E-state index contributed by atoms with van der Waals surface area (Å²) in [4.78, 5) is 2.63. The highest BCUT2D eigenvalue weighted by molar-refractivity contribution is 6.74. The molecule has 0 saturated heterocycles. The van der Waals surface area contributed by atoms with E-state index in [2.05, 4.69) is 234 Å². The molecule has 10 aromatic rings. The Morgan fingerprint density at radius 3 is 1.68 bits per heavy atom. The van der Waals surface area contributed by atoms with Gasteiger partial charge in [-0.3, -0.25) is 0 Å².